The Hall–Kier alpha value is -6.18. The molecule has 0 spiro atoms. The first kappa shape index (κ1) is 27.2. The fourth-order valence-corrected chi connectivity index (χ4v) is 7.25. The molecule has 9 aromatic carbocycles. The van der Waals surface area contributed by atoms with Crippen molar-refractivity contribution in [2.24, 2.45) is 0 Å². The van der Waals surface area contributed by atoms with Gasteiger partial charge in [-0.1, -0.05) is 164 Å². The summed E-state index contributed by atoms with van der Waals surface area (Å²) >= 11 is 0. The predicted octanol–water partition coefficient (Wildman–Crippen LogP) is 13.1. The van der Waals surface area contributed by atoms with Gasteiger partial charge in [-0.3, -0.25) is 0 Å². The van der Waals surface area contributed by atoms with Gasteiger partial charge in [-0.25, -0.2) is 0 Å². The molecule has 220 valence electrons. The Balaban J connectivity index is 1.37. The number of rotatable bonds is 5. The zero-order valence-corrected chi connectivity index (χ0v) is 25.8. The zero-order valence-electron chi connectivity index (χ0n) is 25.8. The fourth-order valence-electron chi connectivity index (χ4n) is 7.25. The van der Waals surface area contributed by atoms with E-state index in [4.69, 9.17) is 0 Å². The van der Waals surface area contributed by atoms with Gasteiger partial charge in [0.25, 0.3) is 0 Å². The van der Waals surface area contributed by atoms with Crippen LogP contribution in [0.4, 0.5) is 17.1 Å². The number of hydrogen-bond donors (Lipinski definition) is 0. The first-order valence-corrected chi connectivity index (χ1v) is 16.2. The second-order valence-corrected chi connectivity index (χ2v) is 12.1. The van der Waals surface area contributed by atoms with Gasteiger partial charge >= 0.3 is 0 Å². The van der Waals surface area contributed by atoms with E-state index in [-0.39, 0.29) is 0 Å². The third kappa shape index (κ3) is 4.64. The highest BCUT2D eigenvalue weighted by molar-refractivity contribution is 6.28. The van der Waals surface area contributed by atoms with E-state index in [9.17, 15) is 0 Å². The van der Waals surface area contributed by atoms with Gasteiger partial charge in [0.05, 0.1) is 11.4 Å². The van der Waals surface area contributed by atoms with E-state index in [0.717, 1.165) is 17.1 Å². The van der Waals surface area contributed by atoms with Gasteiger partial charge in [-0.15, -0.1) is 0 Å². The summed E-state index contributed by atoms with van der Waals surface area (Å²) in [4.78, 5) is 2.45. The van der Waals surface area contributed by atoms with Crippen molar-refractivity contribution in [2.45, 2.75) is 0 Å². The maximum absolute atomic E-state index is 2.45. The summed E-state index contributed by atoms with van der Waals surface area (Å²) in [5.74, 6) is 0. The summed E-state index contributed by atoms with van der Waals surface area (Å²) in [6.07, 6.45) is 0. The lowest BCUT2D eigenvalue weighted by atomic mass is 9.92. The van der Waals surface area contributed by atoms with Crippen LogP contribution >= 0.6 is 0 Å². The SMILES string of the molecule is c1ccc(-c2cccc(N(c3ccccc3-c3ccccc3)c3cccc4c3ccc3ccc5ccc6ccccc6c5c34)c2)cc1. The van der Waals surface area contributed by atoms with Crippen molar-refractivity contribution >= 4 is 60.2 Å². The predicted molar refractivity (Wildman–Crippen MR) is 202 cm³/mol. The van der Waals surface area contributed by atoms with Gasteiger partial charge in [0, 0.05) is 16.6 Å². The van der Waals surface area contributed by atoms with E-state index < -0.39 is 0 Å². The van der Waals surface area contributed by atoms with Crippen molar-refractivity contribution in [2.75, 3.05) is 4.90 Å². The van der Waals surface area contributed by atoms with Gasteiger partial charge in [-0.05, 0) is 78.7 Å². The Morgan fingerprint density at radius 3 is 1.66 bits per heavy atom. The van der Waals surface area contributed by atoms with E-state index in [1.807, 2.05) is 0 Å². The summed E-state index contributed by atoms with van der Waals surface area (Å²) in [7, 11) is 0. The highest BCUT2D eigenvalue weighted by Crippen LogP contribution is 2.46. The Morgan fingerprint density at radius 1 is 0.298 bits per heavy atom. The number of nitrogens with zero attached hydrogens (tertiary/aromatic N) is 1. The van der Waals surface area contributed by atoms with E-state index >= 15 is 0 Å². The van der Waals surface area contributed by atoms with Crippen LogP contribution in [0.5, 0.6) is 0 Å². The third-order valence-corrected chi connectivity index (χ3v) is 9.41. The molecule has 0 unspecified atom stereocenters. The molecule has 9 rings (SSSR count). The van der Waals surface area contributed by atoms with E-state index in [1.165, 1.54) is 65.3 Å². The molecule has 47 heavy (non-hydrogen) atoms. The summed E-state index contributed by atoms with van der Waals surface area (Å²) in [6, 6.07) is 68.2. The molecule has 0 aliphatic rings. The quantitative estimate of drug-likeness (QED) is 0.178. The van der Waals surface area contributed by atoms with Crippen molar-refractivity contribution in [3.63, 3.8) is 0 Å². The average Bonchev–Trinajstić information content (AvgIpc) is 3.15. The van der Waals surface area contributed by atoms with E-state index in [1.54, 1.807) is 0 Å². The Morgan fingerprint density at radius 2 is 0.851 bits per heavy atom. The molecule has 1 heteroatoms. The molecular formula is C46H31N. The van der Waals surface area contributed by atoms with Crippen LogP contribution in [0.25, 0.3) is 65.3 Å². The van der Waals surface area contributed by atoms with Crippen LogP contribution in [0, 0.1) is 0 Å². The molecule has 0 N–H and O–H groups in total. The molecule has 0 aliphatic carbocycles. The highest BCUT2D eigenvalue weighted by atomic mass is 15.1. The summed E-state index contributed by atoms with van der Waals surface area (Å²) in [5.41, 5.74) is 8.17. The van der Waals surface area contributed by atoms with Crippen molar-refractivity contribution in [1.82, 2.24) is 0 Å². The van der Waals surface area contributed by atoms with Gasteiger partial charge in [0.1, 0.15) is 0 Å². The smallest absolute Gasteiger partial charge is 0.0540 e. The monoisotopic (exact) mass is 597 g/mol. The van der Waals surface area contributed by atoms with Crippen LogP contribution in [-0.4, -0.2) is 0 Å². The first-order valence-electron chi connectivity index (χ1n) is 16.2. The third-order valence-electron chi connectivity index (χ3n) is 9.41. The second-order valence-electron chi connectivity index (χ2n) is 12.1. The number of fused-ring (bicyclic) bond motifs is 7. The zero-order chi connectivity index (χ0) is 31.2. The van der Waals surface area contributed by atoms with E-state index in [0.29, 0.717) is 0 Å². The second kappa shape index (κ2) is 11.3. The molecule has 0 aliphatic heterocycles. The molecule has 0 saturated carbocycles. The van der Waals surface area contributed by atoms with Gasteiger partial charge in [0.15, 0.2) is 0 Å². The molecule has 0 atom stereocenters. The molecule has 0 fully saturated rings. The molecule has 0 aromatic heterocycles. The average molecular weight is 598 g/mol. The first-order chi connectivity index (χ1) is 23.3. The maximum atomic E-state index is 2.45. The molecule has 0 amide bonds. The molecule has 9 aromatic rings. The largest absolute Gasteiger partial charge is 0.309 e. The van der Waals surface area contributed by atoms with Crippen molar-refractivity contribution < 1.29 is 0 Å². The number of para-hydroxylation sites is 1. The number of anilines is 3. The molecule has 0 radical (unpaired) electrons. The van der Waals surface area contributed by atoms with Crippen LogP contribution in [0.15, 0.2) is 188 Å². The minimum atomic E-state index is 1.12. The maximum Gasteiger partial charge on any atom is 0.0540 e. The van der Waals surface area contributed by atoms with Crippen LogP contribution in [0.1, 0.15) is 0 Å². The van der Waals surface area contributed by atoms with Crippen molar-refractivity contribution in [3.8, 4) is 22.3 Å². The van der Waals surface area contributed by atoms with Crippen LogP contribution < -0.4 is 4.90 Å². The summed E-state index contributed by atoms with van der Waals surface area (Å²) in [5, 5.41) is 10.1. The normalized spacial score (nSPS) is 11.4. The molecule has 0 bridgehead atoms. The topological polar surface area (TPSA) is 3.24 Å². The van der Waals surface area contributed by atoms with Crippen molar-refractivity contribution in [1.29, 1.82) is 0 Å². The summed E-state index contributed by atoms with van der Waals surface area (Å²) < 4.78 is 0. The van der Waals surface area contributed by atoms with Gasteiger partial charge in [0.2, 0.25) is 0 Å². The highest BCUT2D eigenvalue weighted by Gasteiger charge is 2.20. The number of benzene rings is 9. The standard InChI is InChI=1S/C46H31N/c1-3-13-32(14-4-1)37-18-11-19-38(31-37)47(43-23-10-9-20-39(43)33-15-5-2-6-16-33)44-24-12-22-42-41(44)30-29-36-28-27-35-26-25-34-17-7-8-21-40(34)45(35)46(36)42/h1-31H. The number of hydrogen-bond acceptors (Lipinski definition) is 1. The van der Waals surface area contributed by atoms with Crippen molar-refractivity contribution in [3.05, 3.63) is 188 Å². The lowest BCUT2D eigenvalue weighted by molar-refractivity contribution is 1.30. The molecule has 0 heterocycles. The Kier molecular flexibility index (Phi) is 6.54. The lowest BCUT2D eigenvalue weighted by Gasteiger charge is -2.29. The molecule has 0 saturated heterocycles. The minimum Gasteiger partial charge on any atom is -0.309 e. The Labute approximate surface area is 274 Å². The summed E-state index contributed by atoms with van der Waals surface area (Å²) in [6.45, 7) is 0. The Bertz CT molecular complexity index is 2560. The van der Waals surface area contributed by atoms with Crippen LogP contribution in [0.2, 0.25) is 0 Å². The van der Waals surface area contributed by atoms with E-state index in [2.05, 4.69) is 193 Å². The van der Waals surface area contributed by atoms with Crippen LogP contribution in [-0.2, 0) is 0 Å². The van der Waals surface area contributed by atoms with Gasteiger partial charge < -0.3 is 4.90 Å². The van der Waals surface area contributed by atoms with Gasteiger partial charge in [-0.2, -0.15) is 0 Å². The minimum absolute atomic E-state index is 1.12. The lowest BCUT2D eigenvalue weighted by Crippen LogP contribution is -2.12. The fraction of sp³-hybridized carbons (Fsp3) is 0. The molecule has 1 nitrogen and oxygen atoms in total. The van der Waals surface area contributed by atoms with Crippen LogP contribution in [0.3, 0.4) is 0 Å². The molecular weight excluding hydrogens is 567 g/mol.